The van der Waals surface area contributed by atoms with Gasteiger partial charge in [0, 0.05) is 18.2 Å². The lowest BCUT2D eigenvalue weighted by atomic mass is 9.96. The van der Waals surface area contributed by atoms with Crippen LogP contribution in [0.3, 0.4) is 0 Å². The van der Waals surface area contributed by atoms with Gasteiger partial charge in [0.25, 0.3) is 0 Å². The molecule has 1 heterocycles. The van der Waals surface area contributed by atoms with Crippen LogP contribution in [-0.4, -0.2) is 34.5 Å². The Balaban J connectivity index is 1.66. The Hall–Kier alpha value is -2.83. The van der Waals surface area contributed by atoms with Crippen molar-refractivity contribution in [2.24, 2.45) is 0 Å². The molecule has 3 rings (SSSR count). The van der Waals surface area contributed by atoms with Gasteiger partial charge in [0.15, 0.2) is 5.69 Å². The highest BCUT2D eigenvalue weighted by molar-refractivity contribution is 5.88. The van der Waals surface area contributed by atoms with Crippen LogP contribution in [0.5, 0.6) is 5.75 Å². The zero-order chi connectivity index (χ0) is 19.9. The van der Waals surface area contributed by atoms with Crippen molar-refractivity contribution < 1.29 is 19.1 Å². The molecule has 1 aromatic heterocycles. The number of amides is 1. The number of aromatic nitrogens is 2. The Morgan fingerprint density at radius 2 is 1.86 bits per heavy atom. The Bertz CT molecular complexity index is 808. The summed E-state index contributed by atoms with van der Waals surface area (Å²) in [4.78, 5) is 24.0. The molecule has 28 heavy (non-hydrogen) atoms. The number of hydrogen-bond acceptors (Lipinski definition) is 5. The van der Waals surface area contributed by atoms with Gasteiger partial charge in [-0.3, -0.25) is 4.68 Å². The van der Waals surface area contributed by atoms with E-state index >= 15 is 0 Å². The summed E-state index contributed by atoms with van der Waals surface area (Å²) >= 11 is 0. The summed E-state index contributed by atoms with van der Waals surface area (Å²) in [5, 5.41) is 7.24. The molecule has 150 valence electrons. The van der Waals surface area contributed by atoms with Crippen molar-refractivity contribution >= 4 is 12.1 Å². The third-order valence-corrected chi connectivity index (χ3v) is 4.85. The minimum atomic E-state index is -0.435. The number of esters is 1. The number of benzene rings is 1. The van der Waals surface area contributed by atoms with Crippen LogP contribution >= 0.6 is 0 Å². The number of rotatable bonds is 6. The smallest absolute Gasteiger partial charge is 0.412 e. The molecule has 0 saturated heterocycles. The van der Waals surface area contributed by atoms with E-state index in [-0.39, 0.29) is 11.7 Å². The first-order valence-electron chi connectivity index (χ1n) is 9.94. The molecule has 1 aromatic carbocycles. The molecule has 1 aliphatic carbocycles. The van der Waals surface area contributed by atoms with Crippen LogP contribution in [0.2, 0.25) is 0 Å². The van der Waals surface area contributed by atoms with Crippen LogP contribution in [0, 0.1) is 0 Å². The van der Waals surface area contributed by atoms with Gasteiger partial charge in [-0.25, -0.2) is 9.59 Å². The van der Waals surface area contributed by atoms with E-state index < -0.39 is 12.1 Å². The topological polar surface area (TPSA) is 82.5 Å². The first kappa shape index (κ1) is 19.9. The van der Waals surface area contributed by atoms with Crippen molar-refractivity contribution in [1.29, 1.82) is 0 Å². The molecule has 0 unspecified atom stereocenters. The van der Waals surface area contributed by atoms with E-state index in [1.54, 1.807) is 29.8 Å². The van der Waals surface area contributed by atoms with Crippen LogP contribution < -0.4 is 10.1 Å². The molecule has 0 radical (unpaired) electrons. The molecule has 7 nitrogen and oxygen atoms in total. The highest BCUT2D eigenvalue weighted by Crippen LogP contribution is 2.24. The summed E-state index contributed by atoms with van der Waals surface area (Å²) in [5.41, 5.74) is 1.97. The van der Waals surface area contributed by atoms with E-state index in [0.29, 0.717) is 18.9 Å². The van der Waals surface area contributed by atoms with Crippen LogP contribution in [0.15, 0.2) is 30.3 Å². The average molecular weight is 385 g/mol. The van der Waals surface area contributed by atoms with E-state index in [1.807, 2.05) is 19.1 Å². The van der Waals surface area contributed by atoms with Crippen molar-refractivity contribution in [3.63, 3.8) is 0 Å². The van der Waals surface area contributed by atoms with E-state index in [0.717, 1.165) is 36.9 Å². The predicted molar refractivity (Wildman–Crippen MR) is 105 cm³/mol. The summed E-state index contributed by atoms with van der Waals surface area (Å²) in [7, 11) is 0. The normalized spacial score (nSPS) is 14.5. The van der Waals surface area contributed by atoms with E-state index in [9.17, 15) is 9.59 Å². The number of nitrogens with zero attached hydrogens (tertiary/aromatic N) is 2. The number of ether oxygens (including phenoxy) is 2. The first-order chi connectivity index (χ1) is 13.6. The Kier molecular flexibility index (Phi) is 6.68. The first-order valence-corrected chi connectivity index (χ1v) is 9.94. The fourth-order valence-electron chi connectivity index (χ4n) is 3.44. The largest absolute Gasteiger partial charge is 0.461 e. The van der Waals surface area contributed by atoms with Crippen molar-refractivity contribution in [3.8, 4) is 17.0 Å². The SMILES string of the molecule is CCOC(=O)c1cc(-c2ccc(OC(=O)NC3CCCCC3)cc2)n(CC)n1. The molecule has 1 aliphatic rings. The monoisotopic (exact) mass is 385 g/mol. The zero-order valence-electron chi connectivity index (χ0n) is 16.4. The fourth-order valence-corrected chi connectivity index (χ4v) is 3.44. The van der Waals surface area contributed by atoms with Crippen molar-refractivity contribution in [2.75, 3.05) is 6.61 Å². The third-order valence-electron chi connectivity index (χ3n) is 4.85. The number of aryl methyl sites for hydroxylation is 1. The van der Waals surface area contributed by atoms with Crippen LogP contribution in [0.25, 0.3) is 11.3 Å². The average Bonchev–Trinajstić information content (AvgIpc) is 3.14. The van der Waals surface area contributed by atoms with Gasteiger partial charge in [-0.05, 0) is 57.0 Å². The van der Waals surface area contributed by atoms with Gasteiger partial charge in [-0.1, -0.05) is 19.3 Å². The van der Waals surface area contributed by atoms with Crippen LogP contribution in [-0.2, 0) is 11.3 Å². The molecular weight excluding hydrogens is 358 g/mol. The summed E-state index contributed by atoms with van der Waals surface area (Å²) in [6, 6.07) is 9.11. The standard InChI is InChI=1S/C21H27N3O4/c1-3-24-19(14-18(23-24)20(25)27-4-2)15-10-12-17(13-11-15)28-21(26)22-16-8-6-5-7-9-16/h10-14,16H,3-9H2,1-2H3,(H,22,26). The van der Waals surface area contributed by atoms with Gasteiger partial charge in [0.1, 0.15) is 5.75 Å². The number of hydrogen-bond donors (Lipinski definition) is 1. The van der Waals surface area contributed by atoms with Crippen LogP contribution in [0.1, 0.15) is 56.4 Å². The highest BCUT2D eigenvalue weighted by Gasteiger charge is 2.18. The van der Waals surface area contributed by atoms with E-state index in [4.69, 9.17) is 9.47 Å². The molecule has 1 N–H and O–H groups in total. The highest BCUT2D eigenvalue weighted by atomic mass is 16.6. The van der Waals surface area contributed by atoms with Crippen molar-refractivity contribution in [2.45, 2.75) is 58.5 Å². The Morgan fingerprint density at radius 1 is 1.14 bits per heavy atom. The quantitative estimate of drug-likeness (QED) is 0.755. The van der Waals surface area contributed by atoms with Gasteiger partial charge in [-0.2, -0.15) is 5.10 Å². The summed E-state index contributed by atoms with van der Waals surface area (Å²) in [5.74, 6) is 0.0422. The van der Waals surface area contributed by atoms with Gasteiger partial charge >= 0.3 is 12.1 Å². The number of carbonyl (C=O) groups excluding carboxylic acids is 2. The molecule has 1 fully saturated rings. The molecule has 0 bridgehead atoms. The second-order valence-corrected chi connectivity index (χ2v) is 6.84. The lowest BCUT2D eigenvalue weighted by Gasteiger charge is -2.22. The molecule has 1 amide bonds. The summed E-state index contributed by atoms with van der Waals surface area (Å²) < 4.78 is 12.2. The third kappa shape index (κ3) is 4.91. The summed E-state index contributed by atoms with van der Waals surface area (Å²) in [6.45, 7) is 4.65. The maximum Gasteiger partial charge on any atom is 0.412 e. The van der Waals surface area contributed by atoms with E-state index in [2.05, 4.69) is 10.4 Å². The Labute approximate surface area is 165 Å². The molecule has 0 aliphatic heterocycles. The molecule has 0 atom stereocenters. The minimum Gasteiger partial charge on any atom is -0.461 e. The molecule has 2 aromatic rings. The number of nitrogens with one attached hydrogen (secondary N) is 1. The lowest BCUT2D eigenvalue weighted by Crippen LogP contribution is -2.37. The molecule has 0 spiro atoms. The maximum atomic E-state index is 12.1. The van der Waals surface area contributed by atoms with Gasteiger partial charge in [0.05, 0.1) is 12.3 Å². The lowest BCUT2D eigenvalue weighted by molar-refractivity contribution is 0.0518. The molecule has 1 saturated carbocycles. The second kappa shape index (κ2) is 9.39. The maximum absolute atomic E-state index is 12.1. The second-order valence-electron chi connectivity index (χ2n) is 6.84. The zero-order valence-corrected chi connectivity index (χ0v) is 16.4. The molecular formula is C21H27N3O4. The van der Waals surface area contributed by atoms with Crippen LogP contribution in [0.4, 0.5) is 4.79 Å². The Morgan fingerprint density at radius 3 is 2.50 bits per heavy atom. The van der Waals surface area contributed by atoms with Crippen molar-refractivity contribution in [3.05, 3.63) is 36.0 Å². The summed E-state index contributed by atoms with van der Waals surface area (Å²) in [6.07, 6.45) is 5.15. The fraction of sp³-hybridized carbons (Fsp3) is 0.476. The van der Waals surface area contributed by atoms with Gasteiger partial charge in [0.2, 0.25) is 0 Å². The minimum absolute atomic E-state index is 0.209. The van der Waals surface area contributed by atoms with Crippen molar-refractivity contribution in [1.82, 2.24) is 15.1 Å². The molecule has 7 heteroatoms. The van der Waals surface area contributed by atoms with Gasteiger partial charge in [-0.15, -0.1) is 0 Å². The van der Waals surface area contributed by atoms with Gasteiger partial charge < -0.3 is 14.8 Å². The predicted octanol–water partition coefficient (Wildman–Crippen LogP) is 4.17. The number of carbonyl (C=O) groups is 2. The van der Waals surface area contributed by atoms with E-state index in [1.165, 1.54) is 6.42 Å².